The van der Waals surface area contributed by atoms with Crippen molar-refractivity contribution < 1.29 is 43.0 Å². The lowest BCUT2D eigenvalue weighted by molar-refractivity contribution is -0.163. The van der Waals surface area contributed by atoms with Crippen LogP contribution in [0.2, 0.25) is 0 Å². The monoisotopic (exact) mass is 838 g/mol. The van der Waals surface area contributed by atoms with Gasteiger partial charge in [0.25, 0.3) is 0 Å². The van der Waals surface area contributed by atoms with Crippen molar-refractivity contribution in [3.8, 4) is 0 Å². The van der Waals surface area contributed by atoms with E-state index in [1.165, 1.54) is 6.07 Å². The van der Waals surface area contributed by atoms with Gasteiger partial charge in [0.2, 0.25) is 29.5 Å². The average molecular weight is 839 g/mol. The predicted octanol–water partition coefficient (Wildman–Crippen LogP) is 1.16. The summed E-state index contributed by atoms with van der Waals surface area (Å²) in [5.41, 5.74) is 10.8. The maximum Gasteiger partial charge on any atom is 0.343 e. The molecule has 5 amide bonds. The quantitative estimate of drug-likeness (QED) is 0.0799. The van der Waals surface area contributed by atoms with E-state index >= 15 is 4.39 Å². The maximum absolute atomic E-state index is 15.3. The fourth-order valence-corrected chi connectivity index (χ4v) is 8.64. The largest absolute Gasteiger partial charge is 0.459 e. The molecular formula is C44H51FN8O8. The van der Waals surface area contributed by atoms with Gasteiger partial charge in [-0.05, 0) is 79.4 Å². The molecule has 4 heterocycles. The Morgan fingerprint density at radius 1 is 1.03 bits per heavy atom. The Kier molecular flexibility index (Phi) is 12.8. The Bertz CT molecular complexity index is 2350. The lowest BCUT2D eigenvalue weighted by Gasteiger charge is -2.37. The van der Waals surface area contributed by atoms with Crippen LogP contribution in [-0.2, 0) is 52.9 Å². The number of cyclic esters (lactones) is 1. The normalized spacial score (nSPS) is 19.2. The molecule has 17 heteroatoms. The minimum atomic E-state index is -1.78. The van der Waals surface area contributed by atoms with Crippen LogP contribution in [0.25, 0.3) is 16.6 Å². The van der Waals surface area contributed by atoms with E-state index in [4.69, 9.17) is 15.5 Å². The number of carbonyl (C=O) groups excluding carboxylic acids is 6. The summed E-state index contributed by atoms with van der Waals surface area (Å²) in [6.07, 6.45) is 4.14. The first-order valence-electron chi connectivity index (χ1n) is 20.7. The van der Waals surface area contributed by atoms with Gasteiger partial charge >= 0.3 is 5.97 Å². The van der Waals surface area contributed by atoms with Crippen LogP contribution >= 0.6 is 0 Å². The molecule has 4 aliphatic rings. The lowest BCUT2D eigenvalue weighted by atomic mass is 9.81. The zero-order valence-electron chi connectivity index (χ0n) is 34.3. The Morgan fingerprint density at radius 2 is 1.80 bits per heavy atom. The second-order valence-electron chi connectivity index (χ2n) is 15.9. The number of rotatable bonds is 16. The maximum atomic E-state index is 15.3. The van der Waals surface area contributed by atoms with Crippen LogP contribution in [0.15, 0.2) is 53.6 Å². The summed E-state index contributed by atoms with van der Waals surface area (Å²) in [6, 6.07) is 9.45. The first-order valence-corrected chi connectivity index (χ1v) is 20.7. The number of benzene rings is 2. The molecule has 0 radical (unpaired) electrons. The van der Waals surface area contributed by atoms with E-state index in [1.807, 2.05) is 30.3 Å². The van der Waals surface area contributed by atoms with E-state index in [0.717, 1.165) is 38.9 Å². The van der Waals surface area contributed by atoms with E-state index in [2.05, 4.69) is 31.5 Å². The lowest BCUT2D eigenvalue weighted by Crippen LogP contribution is -2.51. The molecule has 3 aromatic rings. The third kappa shape index (κ3) is 8.98. The van der Waals surface area contributed by atoms with Crippen molar-refractivity contribution >= 4 is 52.1 Å². The molecule has 16 nitrogen and oxygen atoms in total. The highest BCUT2D eigenvalue weighted by Crippen LogP contribution is 2.48. The number of aryl methyl sites for hydroxylation is 2. The highest BCUT2D eigenvalue weighted by atomic mass is 19.1. The molecule has 0 saturated carbocycles. The van der Waals surface area contributed by atoms with Crippen molar-refractivity contribution in [3.05, 3.63) is 92.9 Å². The molecule has 0 bridgehead atoms. The zero-order valence-corrected chi connectivity index (χ0v) is 34.3. The van der Waals surface area contributed by atoms with Gasteiger partial charge in [-0.25, -0.2) is 14.2 Å². The van der Waals surface area contributed by atoms with Gasteiger partial charge in [0.15, 0.2) is 5.60 Å². The molecule has 0 saturated heterocycles. The summed E-state index contributed by atoms with van der Waals surface area (Å²) in [6.45, 7) is 3.59. The number of fused-ring (bicyclic) bond motifs is 4. The molecule has 0 fully saturated rings. The van der Waals surface area contributed by atoms with Gasteiger partial charge in [0.1, 0.15) is 18.5 Å². The molecule has 3 atom stereocenters. The summed E-state index contributed by atoms with van der Waals surface area (Å²) in [4.78, 5) is 83.1. The molecule has 0 unspecified atom stereocenters. The summed E-state index contributed by atoms with van der Waals surface area (Å²) in [5, 5.41) is 25.6. The van der Waals surface area contributed by atoms with Crippen LogP contribution < -0.4 is 32.3 Å². The van der Waals surface area contributed by atoms with Gasteiger partial charge in [-0.1, -0.05) is 37.3 Å². The van der Waals surface area contributed by atoms with Crippen molar-refractivity contribution in [2.75, 3.05) is 39.3 Å². The number of hydrogen-bond acceptors (Lipinski definition) is 11. The third-order valence-corrected chi connectivity index (χ3v) is 11.9. The Labute approximate surface area is 351 Å². The molecule has 3 aliphatic heterocycles. The fourth-order valence-electron chi connectivity index (χ4n) is 8.64. The number of nitrogens with two attached hydrogens (primary N) is 1. The predicted molar refractivity (Wildman–Crippen MR) is 221 cm³/mol. The van der Waals surface area contributed by atoms with Crippen LogP contribution in [0.4, 0.5) is 4.39 Å². The third-order valence-electron chi connectivity index (χ3n) is 11.9. The number of nitrogens with one attached hydrogen (secondary N) is 5. The fraction of sp³-hybridized carbons (Fsp3) is 0.432. The second-order valence-corrected chi connectivity index (χ2v) is 15.9. The van der Waals surface area contributed by atoms with E-state index in [1.54, 1.807) is 19.9 Å². The van der Waals surface area contributed by atoms with Crippen LogP contribution in [0.3, 0.4) is 0 Å². The standard InChI is InChI=1S/C44H51FN8O8/c1-3-44(60)29-16-34-41-28(22-53(34)21-26(29)23-61-43(44)59)40-31(14-12-27-24(2)30(45)17-33(52-41)39(27)40)50-35(54)10-7-15-47-37(56)19-49-42(58)32(13-11-25-8-5-4-6-9-25)51-38(57)20-48-36(55)18-46/h4-6,8-9,16-17,31-32,60H,3,7,10-15,18-23,46H2,1-2H3,(H,47,56)(H,48,55)(H,49,58)(H,50,54)(H,51,57)/t31-,32-,44-/m0/s1. The van der Waals surface area contributed by atoms with Gasteiger partial charge in [-0.2, -0.15) is 0 Å². The molecule has 8 N–H and O–H groups in total. The molecular weight excluding hydrogens is 788 g/mol. The van der Waals surface area contributed by atoms with Crippen molar-refractivity contribution in [2.24, 2.45) is 5.73 Å². The smallest absolute Gasteiger partial charge is 0.343 e. The number of amides is 5. The Morgan fingerprint density at radius 3 is 2.56 bits per heavy atom. The molecule has 322 valence electrons. The number of pyridine rings is 1. The summed E-state index contributed by atoms with van der Waals surface area (Å²) in [7, 11) is 0. The minimum absolute atomic E-state index is 0.0756. The van der Waals surface area contributed by atoms with E-state index in [-0.39, 0.29) is 63.8 Å². The number of nitrogens with zero attached hydrogens (tertiary/aromatic N) is 2. The summed E-state index contributed by atoms with van der Waals surface area (Å²) < 4.78 is 20.7. The second kappa shape index (κ2) is 18.2. The first kappa shape index (κ1) is 42.9. The number of carbonyl (C=O) groups is 6. The highest BCUT2D eigenvalue weighted by Gasteiger charge is 2.47. The van der Waals surface area contributed by atoms with E-state index < -0.39 is 47.3 Å². The Balaban J connectivity index is 0.968. The van der Waals surface area contributed by atoms with Crippen molar-refractivity contribution in [2.45, 2.75) is 83.0 Å². The molecule has 0 spiro atoms. The number of halogens is 1. The van der Waals surface area contributed by atoms with Gasteiger partial charge < -0.3 is 47.1 Å². The van der Waals surface area contributed by atoms with E-state index in [0.29, 0.717) is 61.1 Å². The first-order chi connectivity index (χ1) is 29.3. The van der Waals surface area contributed by atoms with Crippen LogP contribution in [0.1, 0.15) is 78.6 Å². The van der Waals surface area contributed by atoms with Gasteiger partial charge in [-0.3, -0.25) is 24.0 Å². The summed E-state index contributed by atoms with van der Waals surface area (Å²) in [5.74, 6) is -3.43. The summed E-state index contributed by atoms with van der Waals surface area (Å²) >= 11 is 0. The van der Waals surface area contributed by atoms with Gasteiger partial charge in [0, 0.05) is 48.6 Å². The molecule has 2 aromatic carbocycles. The highest BCUT2D eigenvalue weighted by molar-refractivity contribution is 5.95. The van der Waals surface area contributed by atoms with Crippen molar-refractivity contribution in [1.82, 2.24) is 36.5 Å². The number of esters is 1. The van der Waals surface area contributed by atoms with Crippen LogP contribution in [0.5, 0.6) is 0 Å². The average Bonchev–Trinajstić information content (AvgIpc) is 3.62. The Hall–Kier alpha value is -6.20. The van der Waals surface area contributed by atoms with Gasteiger partial charge in [0.05, 0.1) is 42.6 Å². The van der Waals surface area contributed by atoms with Crippen LogP contribution in [0, 0.1) is 12.7 Å². The number of aliphatic hydroxyl groups is 1. The molecule has 7 rings (SSSR count). The van der Waals surface area contributed by atoms with Gasteiger partial charge in [-0.15, -0.1) is 0 Å². The zero-order chi connectivity index (χ0) is 43.4. The minimum Gasteiger partial charge on any atom is -0.459 e. The SMILES string of the molecule is CC[C@@]1(O)C(=O)OCC2=C1C=C1c3nc4cc(F)c(C)c5c4c(c3CN1C2)[C@@H](NC(=O)CCCNC(=O)CNC(=O)[C@H](CCc1ccccc1)NC(=O)CNC(=O)CN)CC5. The number of ether oxygens (including phenoxy) is 1. The molecule has 1 aliphatic carbocycles. The number of hydrogen-bond donors (Lipinski definition) is 7. The molecule has 1 aromatic heterocycles. The van der Waals surface area contributed by atoms with Crippen LogP contribution in [-0.4, -0.2) is 101 Å². The van der Waals surface area contributed by atoms with Crippen molar-refractivity contribution in [3.63, 3.8) is 0 Å². The number of aromatic nitrogens is 1. The van der Waals surface area contributed by atoms with E-state index in [9.17, 15) is 33.9 Å². The van der Waals surface area contributed by atoms with Crippen molar-refractivity contribution in [1.29, 1.82) is 0 Å². The molecule has 61 heavy (non-hydrogen) atoms. The topological polar surface area (TPSA) is 234 Å².